The number of rotatable bonds is 22. The molecule has 1 aromatic carbocycles. The number of amides is 3. The van der Waals surface area contributed by atoms with Crippen LogP contribution >= 0.6 is 0 Å². The summed E-state index contributed by atoms with van der Waals surface area (Å²) in [5.41, 5.74) is 22.0. The quantitative estimate of drug-likeness (QED) is 0.0372. The highest BCUT2D eigenvalue weighted by Crippen LogP contribution is 2.27. The van der Waals surface area contributed by atoms with Gasteiger partial charge in [0.15, 0.2) is 29.0 Å². The normalized spacial score (nSPS) is 15.6. The second-order valence-corrected chi connectivity index (χ2v) is 11.5. The number of guanidine groups is 1. The topological polar surface area (TPSA) is 267 Å². The average molecular weight is 648 g/mol. The fraction of sp³-hybridized carbons (Fsp3) is 0.613. The van der Waals surface area contributed by atoms with E-state index in [-0.39, 0.29) is 80.4 Å². The molecule has 3 amide bonds. The molecule has 11 N–H and O–H groups in total. The van der Waals surface area contributed by atoms with E-state index in [0.29, 0.717) is 63.6 Å². The van der Waals surface area contributed by atoms with E-state index in [1.165, 1.54) is 23.1 Å². The summed E-state index contributed by atoms with van der Waals surface area (Å²) in [6, 6.07) is 2.59. The molecule has 1 aliphatic rings. The lowest BCUT2D eigenvalue weighted by atomic mass is 9.91. The second kappa shape index (κ2) is 20.0. The number of primary amides is 1. The van der Waals surface area contributed by atoms with E-state index < -0.39 is 29.8 Å². The molecule has 1 aliphatic heterocycles. The van der Waals surface area contributed by atoms with Gasteiger partial charge in [0.1, 0.15) is 6.61 Å². The van der Waals surface area contributed by atoms with Crippen molar-refractivity contribution >= 4 is 35.2 Å². The molecule has 2 rings (SSSR count). The lowest BCUT2D eigenvalue weighted by molar-refractivity contribution is -0.138. The summed E-state index contributed by atoms with van der Waals surface area (Å²) in [4.78, 5) is 69.8. The number of nitrogens with two attached hydrogens (primary N) is 4. The fourth-order valence-electron chi connectivity index (χ4n) is 5.40. The first-order chi connectivity index (χ1) is 21.9. The van der Waals surface area contributed by atoms with Gasteiger partial charge in [-0.3, -0.25) is 29.0 Å². The number of hydrogen-bond donors (Lipinski definition) is 7. The van der Waals surface area contributed by atoms with E-state index in [1.807, 2.05) is 0 Å². The van der Waals surface area contributed by atoms with Crippen LogP contribution < -0.4 is 28.3 Å². The van der Waals surface area contributed by atoms with Crippen LogP contribution in [0.3, 0.4) is 0 Å². The highest BCUT2D eigenvalue weighted by molar-refractivity contribution is 5.95. The first-order valence-corrected chi connectivity index (χ1v) is 15.7. The van der Waals surface area contributed by atoms with Gasteiger partial charge in [-0.15, -0.1) is 0 Å². The summed E-state index contributed by atoms with van der Waals surface area (Å²) in [6.07, 6.45) is 3.63. The third-order valence-corrected chi connectivity index (χ3v) is 7.77. The Morgan fingerprint density at radius 1 is 1.02 bits per heavy atom. The minimum absolute atomic E-state index is 0.0603. The van der Waals surface area contributed by atoms with Gasteiger partial charge in [0, 0.05) is 38.5 Å². The minimum Gasteiger partial charge on any atom is -0.504 e. The maximum atomic E-state index is 13.6. The molecule has 256 valence electrons. The zero-order chi connectivity index (χ0) is 34.1. The molecule has 0 spiro atoms. The largest absolute Gasteiger partial charge is 0.504 e. The summed E-state index contributed by atoms with van der Waals surface area (Å²) >= 11 is 0. The van der Waals surface area contributed by atoms with Crippen LogP contribution in [0.1, 0.15) is 69.8 Å². The number of carbonyl (C=O) groups is 5. The first-order valence-electron chi connectivity index (χ1n) is 15.7. The second-order valence-electron chi connectivity index (χ2n) is 11.5. The lowest BCUT2D eigenvalue weighted by Crippen LogP contribution is -2.46. The molecule has 1 saturated heterocycles. The lowest BCUT2D eigenvalue weighted by Gasteiger charge is -2.26. The van der Waals surface area contributed by atoms with Crippen molar-refractivity contribution in [2.24, 2.45) is 33.8 Å². The summed E-state index contributed by atoms with van der Waals surface area (Å²) in [7, 11) is 0. The number of unbranched alkanes of at least 4 members (excludes halogenated alkanes) is 1. The molecule has 0 aliphatic carbocycles. The Kier molecular flexibility index (Phi) is 16.5. The number of aliphatic imine (C=N–C) groups is 1. The van der Waals surface area contributed by atoms with Gasteiger partial charge in [-0.05, 0) is 69.2 Å². The van der Waals surface area contributed by atoms with Gasteiger partial charge in [0.25, 0.3) is 0 Å². The van der Waals surface area contributed by atoms with Gasteiger partial charge in [0.05, 0.1) is 18.5 Å². The summed E-state index contributed by atoms with van der Waals surface area (Å²) < 4.78 is 5.13. The highest BCUT2D eigenvalue weighted by atomic mass is 16.5. The maximum Gasteiger partial charge on any atom is 0.243 e. The third-order valence-electron chi connectivity index (χ3n) is 7.77. The number of ketones is 2. The number of carbonyl (C=O) groups excluding carboxylic acids is 5. The van der Waals surface area contributed by atoms with Crippen molar-refractivity contribution in [2.75, 3.05) is 32.8 Å². The number of nitrogens with zero attached hydrogens (tertiary/aromatic N) is 2. The van der Waals surface area contributed by atoms with Crippen molar-refractivity contribution in [2.45, 2.75) is 82.7 Å². The molecule has 0 aromatic heterocycles. The molecule has 46 heavy (non-hydrogen) atoms. The molecule has 0 saturated carbocycles. The maximum absolute atomic E-state index is 13.6. The van der Waals surface area contributed by atoms with Crippen LogP contribution in [0.5, 0.6) is 11.5 Å². The molecule has 15 heteroatoms. The van der Waals surface area contributed by atoms with E-state index in [2.05, 4.69) is 10.3 Å². The number of phenols is 2. The molecule has 1 fully saturated rings. The Morgan fingerprint density at radius 3 is 2.46 bits per heavy atom. The Hall–Kier alpha value is -4.24. The number of ether oxygens (including phenoxy) is 1. The van der Waals surface area contributed by atoms with Gasteiger partial charge in [0.2, 0.25) is 17.7 Å². The number of likely N-dealkylation sites (tertiary alicyclic amines) is 1. The molecule has 0 bridgehead atoms. The van der Waals surface area contributed by atoms with Crippen LogP contribution in [0.2, 0.25) is 0 Å². The first kappa shape index (κ1) is 37.9. The van der Waals surface area contributed by atoms with Crippen molar-refractivity contribution in [3.8, 4) is 11.5 Å². The number of Topliss-reactive ketones (excluding diaryl/α,β-unsaturated/α-hetero) is 2. The highest BCUT2D eigenvalue weighted by Gasteiger charge is 2.36. The predicted octanol–water partition coefficient (Wildman–Crippen LogP) is -0.275. The summed E-state index contributed by atoms with van der Waals surface area (Å²) in [5.74, 6) is -3.28. The van der Waals surface area contributed by atoms with Crippen LogP contribution in [0.4, 0.5) is 0 Å². The predicted molar refractivity (Wildman–Crippen MR) is 170 cm³/mol. The number of hydrogen-bond acceptors (Lipinski definition) is 10. The van der Waals surface area contributed by atoms with Crippen LogP contribution in [0.15, 0.2) is 23.2 Å². The Labute approximate surface area is 269 Å². The molecule has 0 unspecified atom stereocenters. The van der Waals surface area contributed by atoms with Crippen LogP contribution in [-0.4, -0.2) is 95.3 Å². The van der Waals surface area contributed by atoms with Crippen molar-refractivity contribution in [1.29, 1.82) is 0 Å². The smallest absolute Gasteiger partial charge is 0.243 e. The van der Waals surface area contributed by atoms with Gasteiger partial charge in [-0.25, -0.2) is 0 Å². The number of benzene rings is 1. The van der Waals surface area contributed by atoms with Gasteiger partial charge in [-0.2, -0.15) is 0 Å². The van der Waals surface area contributed by atoms with E-state index in [0.717, 1.165) is 0 Å². The number of phenolic OH excluding ortho intramolecular Hbond substituents is 2. The van der Waals surface area contributed by atoms with Gasteiger partial charge < -0.3 is 48.1 Å². The molecule has 0 radical (unpaired) electrons. The Balaban J connectivity index is 2.11. The van der Waals surface area contributed by atoms with E-state index in [9.17, 15) is 34.2 Å². The SMILES string of the molecule is NCCCC[C@H](CC(=O)[C@@H]1CCCN1C(=O)Cc1ccc(O)c(O)c1)C(=O)N[C@@H](CCCN=C(N)N)C(=O)CCCOCC(N)=O. The molecular weight excluding hydrogens is 598 g/mol. The average Bonchev–Trinajstić information content (AvgIpc) is 3.50. The van der Waals surface area contributed by atoms with Gasteiger partial charge >= 0.3 is 0 Å². The van der Waals surface area contributed by atoms with Crippen molar-refractivity contribution in [1.82, 2.24) is 10.2 Å². The Morgan fingerprint density at radius 2 is 1.78 bits per heavy atom. The van der Waals surface area contributed by atoms with Crippen LogP contribution in [0, 0.1) is 5.92 Å². The van der Waals surface area contributed by atoms with Crippen LogP contribution in [0.25, 0.3) is 0 Å². The van der Waals surface area contributed by atoms with E-state index in [4.69, 9.17) is 27.7 Å². The minimum atomic E-state index is -0.851. The van der Waals surface area contributed by atoms with E-state index in [1.54, 1.807) is 0 Å². The Bertz CT molecular complexity index is 1220. The van der Waals surface area contributed by atoms with Crippen molar-refractivity contribution in [3.63, 3.8) is 0 Å². The molecule has 3 atom stereocenters. The molecule has 1 heterocycles. The zero-order valence-electron chi connectivity index (χ0n) is 26.3. The summed E-state index contributed by atoms with van der Waals surface area (Å²) in [5, 5.41) is 22.2. The van der Waals surface area contributed by atoms with Gasteiger partial charge in [-0.1, -0.05) is 12.5 Å². The molecular formula is C31H49N7O8. The van der Waals surface area contributed by atoms with Crippen molar-refractivity contribution < 1.29 is 38.9 Å². The van der Waals surface area contributed by atoms with E-state index >= 15 is 0 Å². The monoisotopic (exact) mass is 647 g/mol. The van der Waals surface area contributed by atoms with Crippen molar-refractivity contribution in [3.05, 3.63) is 23.8 Å². The standard InChI is InChI=1S/C31H49N7O8/c32-12-2-1-6-21(18-26(41)23-8-4-14-38(23)29(44)17-20-10-11-25(40)27(42)16-20)30(45)37-22(7-3-13-36-31(34)35)24(39)9-5-15-46-19-28(33)43/h10-11,16,21-23,40,42H,1-9,12-15,17-19,32H2,(H2,33,43)(H,37,45)(H4,34,35,36)/t21-,22+,23+/m1/s1. The third kappa shape index (κ3) is 13.4. The van der Waals surface area contributed by atoms with Crippen LogP contribution in [-0.2, 0) is 35.1 Å². The summed E-state index contributed by atoms with van der Waals surface area (Å²) in [6.45, 7) is 0.958. The zero-order valence-corrected chi connectivity index (χ0v) is 26.3. The molecule has 15 nitrogen and oxygen atoms in total. The number of aromatic hydroxyl groups is 2. The fourth-order valence-corrected chi connectivity index (χ4v) is 5.40. The number of nitrogens with one attached hydrogen (secondary N) is 1. The molecule has 1 aromatic rings.